The lowest BCUT2D eigenvalue weighted by atomic mass is 10.1. The first-order valence-corrected chi connectivity index (χ1v) is 9.44. The largest absolute Gasteiger partial charge is 0.444 e. The van der Waals surface area contributed by atoms with E-state index in [4.69, 9.17) is 4.74 Å². The number of rotatable bonds is 4. The molecule has 0 aliphatic carbocycles. The smallest absolute Gasteiger partial charge is 0.408 e. The number of anilines is 1. The van der Waals surface area contributed by atoms with Gasteiger partial charge in [-0.2, -0.15) is 0 Å². The molecule has 1 aromatic carbocycles. The summed E-state index contributed by atoms with van der Waals surface area (Å²) in [6, 6.07) is 9.11. The van der Waals surface area contributed by atoms with Gasteiger partial charge in [0.15, 0.2) is 0 Å². The SMILES string of the molecule is CC(C)(C)OC(=O)N[C@H]1CCCCN(c2nnnn2Cc2ccccc2)C1=O. The highest BCUT2D eigenvalue weighted by molar-refractivity contribution is 5.97. The minimum atomic E-state index is -0.667. The van der Waals surface area contributed by atoms with Crippen LogP contribution in [0, 0.1) is 0 Å². The van der Waals surface area contributed by atoms with Crippen molar-refractivity contribution in [3.8, 4) is 0 Å². The number of alkyl carbamates (subject to hydrolysis) is 1. The van der Waals surface area contributed by atoms with E-state index in [1.807, 2.05) is 30.3 Å². The molecule has 28 heavy (non-hydrogen) atoms. The third kappa shape index (κ3) is 5.05. The minimum absolute atomic E-state index is 0.229. The fraction of sp³-hybridized carbons (Fsp3) is 0.526. The highest BCUT2D eigenvalue weighted by Gasteiger charge is 2.33. The summed E-state index contributed by atoms with van der Waals surface area (Å²) in [5, 5.41) is 14.5. The molecule has 2 aromatic rings. The molecule has 2 heterocycles. The van der Waals surface area contributed by atoms with Crippen molar-refractivity contribution in [3.05, 3.63) is 35.9 Å². The third-order valence-electron chi connectivity index (χ3n) is 4.31. The number of nitrogens with one attached hydrogen (secondary N) is 1. The number of carbonyl (C=O) groups is 2. The number of ether oxygens (including phenoxy) is 1. The molecule has 1 aliphatic rings. The average molecular weight is 386 g/mol. The molecule has 9 nitrogen and oxygen atoms in total. The van der Waals surface area contributed by atoms with E-state index in [1.165, 1.54) is 0 Å². The van der Waals surface area contributed by atoms with Gasteiger partial charge in [-0.15, -0.1) is 0 Å². The number of hydrogen-bond acceptors (Lipinski definition) is 6. The van der Waals surface area contributed by atoms with Crippen molar-refractivity contribution in [2.24, 2.45) is 0 Å². The van der Waals surface area contributed by atoms with E-state index in [0.717, 1.165) is 18.4 Å². The van der Waals surface area contributed by atoms with Gasteiger partial charge in [0.2, 0.25) is 0 Å². The predicted octanol–water partition coefficient (Wildman–Crippen LogP) is 2.13. The van der Waals surface area contributed by atoms with Crippen molar-refractivity contribution in [1.82, 2.24) is 25.5 Å². The van der Waals surface area contributed by atoms with Crippen molar-refractivity contribution in [1.29, 1.82) is 0 Å². The zero-order valence-corrected chi connectivity index (χ0v) is 16.5. The van der Waals surface area contributed by atoms with Crippen LogP contribution in [-0.4, -0.2) is 50.4 Å². The van der Waals surface area contributed by atoms with Crippen LogP contribution in [-0.2, 0) is 16.1 Å². The monoisotopic (exact) mass is 386 g/mol. The molecular formula is C19H26N6O3. The number of amides is 2. The van der Waals surface area contributed by atoms with E-state index in [-0.39, 0.29) is 5.91 Å². The summed E-state index contributed by atoms with van der Waals surface area (Å²) < 4.78 is 6.89. The molecule has 1 N–H and O–H groups in total. The van der Waals surface area contributed by atoms with Gasteiger partial charge in [0.25, 0.3) is 11.9 Å². The van der Waals surface area contributed by atoms with Crippen molar-refractivity contribution in [2.75, 3.05) is 11.4 Å². The zero-order chi connectivity index (χ0) is 20.1. The Balaban J connectivity index is 1.76. The first-order chi connectivity index (χ1) is 13.3. The normalized spacial score (nSPS) is 17.9. The Bertz CT molecular complexity index is 815. The Kier molecular flexibility index (Phi) is 5.91. The van der Waals surface area contributed by atoms with Crippen LogP contribution in [0.15, 0.2) is 30.3 Å². The predicted molar refractivity (Wildman–Crippen MR) is 103 cm³/mol. The number of nitrogens with zero attached hydrogens (tertiary/aromatic N) is 5. The first kappa shape index (κ1) is 19.8. The van der Waals surface area contributed by atoms with Gasteiger partial charge < -0.3 is 10.1 Å². The van der Waals surface area contributed by atoms with Crippen molar-refractivity contribution < 1.29 is 14.3 Å². The highest BCUT2D eigenvalue weighted by atomic mass is 16.6. The van der Waals surface area contributed by atoms with Gasteiger partial charge >= 0.3 is 6.09 Å². The van der Waals surface area contributed by atoms with Crippen LogP contribution >= 0.6 is 0 Å². The van der Waals surface area contributed by atoms with Crippen LogP contribution in [0.5, 0.6) is 0 Å². The van der Waals surface area contributed by atoms with Crippen LogP contribution in [0.3, 0.4) is 0 Å². The van der Waals surface area contributed by atoms with Crippen molar-refractivity contribution >= 4 is 17.9 Å². The van der Waals surface area contributed by atoms with Crippen LogP contribution in [0.2, 0.25) is 0 Å². The Morgan fingerprint density at radius 3 is 2.71 bits per heavy atom. The Labute approximate surface area is 164 Å². The van der Waals surface area contributed by atoms with Gasteiger partial charge in [-0.1, -0.05) is 35.4 Å². The molecule has 0 saturated carbocycles. The Hall–Kier alpha value is -2.97. The summed E-state index contributed by atoms with van der Waals surface area (Å²) in [6.45, 7) is 6.31. The second-order valence-electron chi connectivity index (χ2n) is 7.81. The number of tetrazole rings is 1. The summed E-state index contributed by atoms with van der Waals surface area (Å²) in [5.74, 6) is 0.152. The number of benzene rings is 1. The lowest BCUT2D eigenvalue weighted by Crippen LogP contribution is -2.49. The fourth-order valence-electron chi connectivity index (χ4n) is 3.07. The van der Waals surface area contributed by atoms with Crippen LogP contribution in [0.25, 0.3) is 0 Å². The number of aromatic nitrogens is 4. The van der Waals surface area contributed by atoms with E-state index >= 15 is 0 Å². The quantitative estimate of drug-likeness (QED) is 0.864. The maximum atomic E-state index is 13.1. The minimum Gasteiger partial charge on any atom is -0.444 e. The fourth-order valence-corrected chi connectivity index (χ4v) is 3.07. The molecule has 1 aliphatic heterocycles. The van der Waals surface area contributed by atoms with Gasteiger partial charge in [-0.05, 0) is 56.0 Å². The summed E-state index contributed by atoms with van der Waals surface area (Å²) in [5.41, 5.74) is 0.402. The molecule has 0 spiro atoms. The molecule has 1 fully saturated rings. The van der Waals surface area contributed by atoms with Crippen LogP contribution < -0.4 is 10.2 Å². The third-order valence-corrected chi connectivity index (χ3v) is 4.31. The molecule has 1 aromatic heterocycles. The van der Waals surface area contributed by atoms with E-state index in [2.05, 4.69) is 20.8 Å². The van der Waals surface area contributed by atoms with Gasteiger partial charge in [0.1, 0.15) is 11.6 Å². The number of hydrogen-bond donors (Lipinski definition) is 1. The topological polar surface area (TPSA) is 102 Å². The first-order valence-electron chi connectivity index (χ1n) is 9.44. The van der Waals surface area contributed by atoms with Gasteiger partial charge in [0, 0.05) is 6.54 Å². The maximum absolute atomic E-state index is 13.1. The molecule has 150 valence electrons. The molecule has 2 amide bonds. The molecule has 0 unspecified atom stereocenters. The van der Waals surface area contributed by atoms with Gasteiger partial charge in [-0.25, -0.2) is 9.48 Å². The standard InChI is InChI=1S/C19H26N6O3/c1-19(2,3)28-18(27)20-15-11-7-8-12-24(16(15)26)17-21-22-23-25(17)13-14-9-5-4-6-10-14/h4-6,9-10,15H,7-8,11-13H2,1-3H3,(H,20,27)/t15-/m0/s1. The van der Waals surface area contributed by atoms with Crippen LogP contribution in [0.1, 0.15) is 45.6 Å². The van der Waals surface area contributed by atoms with E-state index in [1.54, 1.807) is 30.4 Å². The molecule has 1 saturated heterocycles. The Morgan fingerprint density at radius 1 is 1.25 bits per heavy atom. The summed E-state index contributed by atoms with van der Waals surface area (Å²) in [7, 11) is 0. The summed E-state index contributed by atoms with van der Waals surface area (Å²) in [6.07, 6.45) is 1.56. The zero-order valence-electron chi connectivity index (χ0n) is 16.5. The molecule has 1 atom stereocenters. The molecule has 3 rings (SSSR count). The van der Waals surface area contributed by atoms with E-state index in [9.17, 15) is 9.59 Å². The van der Waals surface area contributed by atoms with Crippen LogP contribution in [0.4, 0.5) is 10.7 Å². The number of carbonyl (C=O) groups excluding carboxylic acids is 2. The molecule has 0 radical (unpaired) electrons. The molecule has 9 heteroatoms. The van der Waals surface area contributed by atoms with Gasteiger partial charge in [-0.3, -0.25) is 9.69 Å². The summed E-state index contributed by atoms with van der Waals surface area (Å²) in [4.78, 5) is 26.8. The summed E-state index contributed by atoms with van der Waals surface area (Å²) >= 11 is 0. The van der Waals surface area contributed by atoms with E-state index < -0.39 is 17.7 Å². The van der Waals surface area contributed by atoms with Crippen molar-refractivity contribution in [3.63, 3.8) is 0 Å². The second kappa shape index (κ2) is 8.37. The van der Waals surface area contributed by atoms with E-state index in [0.29, 0.717) is 25.5 Å². The molecule has 0 bridgehead atoms. The molecular weight excluding hydrogens is 360 g/mol. The van der Waals surface area contributed by atoms with Crippen molar-refractivity contribution in [2.45, 2.75) is 58.2 Å². The lowest BCUT2D eigenvalue weighted by Gasteiger charge is -2.25. The maximum Gasteiger partial charge on any atom is 0.408 e. The lowest BCUT2D eigenvalue weighted by molar-refractivity contribution is -0.120. The highest BCUT2D eigenvalue weighted by Crippen LogP contribution is 2.19. The second-order valence-corrected chi connectivity index (χ2v) is 7.81. The van der Waals surface area contributed by atoms with Gasteiger partial charge in [0.05, 0.1) is 6.54 Å². The Morgan fingerprint density at radius 2 is 2.00 bits per heavy atom. The average Bonchev–Trinajstić information content (AvgIpc) is 2.99.